The van der Waals surface area contributed by atoms with Crippen LogP contribution in [0.4, 0.5) is 0 Å². The molecule has 1 atom stereocenters. The van der Waals surface area contributed by atoms with Gasteiger partial charge in [-0.3, -0.25) is 5.32 Å². The van der Waals surface area contributed by atoms with E-state index in [2.05, 4.69) is 5.32 Å². The Kier molecular flexibility index (Phi) is 5.93. The molecule has 0 fully saturated rings. The summed E-state index contributed by atoms with van der Waals surface area (Å²) in [5.74, 6) is 0. The molecule has 0 aromatic rings. The van der Waals surface area contributed by atoms with Crippen LogP contribution in [0.1, 0.15) is 6.92 Å². The van der Waals surface area contributed by atoms with Gasteiger partial charge in [0.15, 0.2) is 0 Å². The number of rotatable bonds is 5. The van der Waals surface area contributed by atoms with E-state index >= 15 is 0 Å². The van der Waals surface area contributed by atoms with Crippen LogP contribution < -0.4 is 5.32 Å². The molecule has 0 aromatic carbocycles. The first-order valence-corrected chi connectivity index (χ1v) is 3.10. The lowest BCUT2D eigenvalue weighted by atomic mass is 10.5. The minimum Gasteiger partial charge on any atom is -0.381 e. The average Bonchev–Trinajstić information content (AvgIpc) is 1.88. The first-order chi connectivity index (χ1) is 4.35. The van der Waals surface area contributed by atoms with Gasteiger partial charge in [0.05, 0.1) is 6.61 Å². The predicted molar refractivity (Wildman–Crippen MR) is 36.3 cm³/mol. The van der Waals surface area contributed by atoms with Gasteiger partial charge < -0.3 is 9.47 Å². The Bertz CT molecular complexity index is 53.0. The van der Waals surface area contributed by atoms with Crippen molar-refractivity contribution in [1.82, 2.24) is 5.32 Å². The smallest absolute Gasteiger partial charge is 0.131 e. The molecule has 0 aliphatic rings. The highest BCUT2D eigenvalue weighted by Gasteiger charge is 2.01. The first-order valence-electron chi connectivity index (χ1n) is 3.10. The van der Waals surface area contributed by atoms with E-state index in [9.17, 15) is 0 Å². The topological polar surface area (TPSA) is 30.5 Å². The highest BCUT2D eigenvalue weighted by molar-refractivity contribution is 4.49. The number of likely N-dealkylation sites (N-methyl/N-ethyl adjacent to an activating group) is 1. The Morgan fingerprint density at radius 3 is 2.44 bits per heavy atom. The van der Waals surface area contributed by atoms with Crippen LogP contribution >= 0.6 is 0 Å². The van der Waals surface area contributed by atoms with Gasteiger partial charge in [0, 0.05) is 14.2 Å². The Hall–Kier alpha value is -0.120. The van der Waals surface area contributed by atoms with E-state index in [0.717, 1.165) is 6.54 Å². The number of nitrogens with one attached hydrogen (secondary N) is 1. The molecule has 0 aliphatic heterocycles. The fourth-order valence-corrected chi connectivity index (χ4v) is 0.589. The molecular weight excluding hydrogens is 118 g/mol. The molecule has 0 heterocycles. The summed E-state index contributed by atoms with van der Waals surface area (Å²) >= 11 is 0. The number of ether oxygens (including phenoxy) is 2. The lowest BCUT2D eigenvalue weighted by Crippen LogP contribution is -2.34. The van der Waals surface area contributed by atoms with Gasteiger partial charge in [0.2, 0.25) is 0 Å². The van der Waals surface area contributed by atoms with E-state index in [1.165, 1.54) is 0 Å². The van der Waals surface area contributed by atoms with E-state index in [0.29, 0.717) is 6.61 Å². The summed E-state index contributed by atoms with van der Waals surface area (Å²) in [6.07, 6.45) is 0.0417. The van der Waals surface area contributed by atoms with Crippen LogP contribution in [0.15, 0.2) is 0 Å². The molecule has 0 spiro atoms. The SMILES string of the molecule is CCNC(COC)OC. The van der Waals surface area contributed by atoms with Gasteiger partial charge in [0.1, 0.15) is 6.23 Å². The average molecular weight is 133 g/mol. The van der Waals surface area contributed by atoms with Crippen molar-refractivity contribution in [1.29, 1.82) is 0 Å². The third-order valence-electron chi connectivity index (χ3n) is 1.03. The van der Waals surface area contributed by atoms with Crippen molar-refractivity contribution in [3.05, 3.63) is 0 Å². The summed E-state index contributed by atoms with van der Waals surface area (Å²) in [4.78, 5) is 0. The standard InChI is InChI=1S/C6H15NO2/c1-4-7-6(9-3)5-8-2/h6-7H,4-5H2,1-3H3. The normalized spacial score (nSPS) is 13.7. The van der Waals surface area contributed by atoms with Gasteiger partial charge in [-0.1, -0.05) is 6.92 Å². The van der Waals surface area contributed by atoms with Gasteiger partial charge in [0.25, 0.3) is 0 Å². The van der Waals surface area contributed by atoms with Crippen LogP contribution in [0.2, 0.25) is 0 Å². The summed E-state index contributed by atoms with van der Waals surface area (Å²) in [6.45, 7) is 3.54. The molecule has 0 amide bonds. The molecule has 0 saturated carbocycles. The van der Waals surface area contributed by atoms with E-state index in [1.807, 2.05) is 6.92 Å². The highest BCUT2D eigenvalue weighted by Crippen LogP contribution is 1.83. The number of methoxy groups -OCH3 is 2. The fraction of sp³-hybridized carbons (Fsp3) is 1.00. The van der Waals surface area contributed by atoms with Crippen molar-refractivity contribution >= 4 is 0 Å². The Morgan fingerprint density at radius 1 is 1.44 bits per heavy atom. The zero-order valence-electron chi connectivity index (χ0n) is 6.31. The summed E-state index contributed by atoms with van der Waals surface area (Å²) in [5, 5.41) is 3.09. The minimum atomic E-state index is 0.0417. The fourth-order valence-electron chi connectivity index (χ4n) is 0.589. The second-order valence-electron chi connectivity index (χ2n) is 1.74. The largest absolute Gasteiger partial charge is 0.381 e. The zero-order chi connectivity index (χ0) is 7.11. The van der Waals surface area contributed by atoms with Crippen molar-refractivity contribution in [2.45, 2.75) is 13.2 Å². The maximum atomic E-state index is 5.00. The maximum Gasteiger partial charge on any atom is 0.131 e. The molecule has 0 radical (unpaired) electrons. The lowest BCUT2D eigenvalue weighted by Gasteiger charge is -2.13. The van der Waals surface area contributed by atoms with Crippen molar-refractivity contribution < 1.29 is 9.47 Å². The molecule has 1 unspecified atom stereocenters. The summed E-state index contributed by atoms with van der Waals surface area (Å²) in [7, 11) is 3.32. The van der Waals surface area contributed by atoms with Gasteiger partial charge in [-0.05, 0) is 6.54 Å². The molecule has 0 aromatic heterocycles. The number of hydrogen-bond donors (Lipinski definition) is 1. The van der Waals surface area contributed by atoms with Crippen LogP contribution in [0.3, 0.4) is 0 Å². The summed E-state index contributed by atoms with van der Waals surface area (Å²) in [6, 6.07) is 0. The van der Waals surface area contributed by atoms with E-state index < -0.39 is 0 Å². The molecule has 0 saturated heterocycles. The Morgan fingerprint density at radius 2 is 2.11 bits per heavy atom. The second kappa shape index (κ2) is 6.01. The third-order valence-corrected chi connectivity index (χ3v) is 1.03. The molecule has 0 aliphatic carbocycles. The van der Waals surface area contributed by atoms with Gasteiger partial charge >= 0.3 is 0 Å². The van der Waals surface area contributed by atoms with Crippen molar-refractivity contribution in [3.63, 3.8) is 0 Å². The van der Waals surface area contributed by atoms with Crippen molar-refractivity contribution in [2.24, 2.45) is 0 Å². The Labute approximate surface area is 56.3 Å². The monoisotopic (exact) mass is 133 g/mol. The summed E-state index contributed by atoms with van der Waals surface area (Å²) in [5.41, 5.74) is 0. The maximum absolute atomic E-state index is 5.00. The quantitative estimate of drug-likeness (QED) is 0.544. The summed E-state index contributed by atoms with van der Waals surface area (Å²) < 4.78 is 9.85. The zero-order valence-corrected chi connectivity index (χ0v) is 6.31. The van der Waals surface area contributed by atoms with Crippen LogP contribution in [0, 0.1) is 0 Å². The first kappa shape index (κ1) is 8.88. The molecule has 56 valence electrons. The lowest BCUT2D eigenvalue weighted by molar-refractivity contribution is 0.00869. The van der Waals surface area contributed by atoms with Gasteiger partial charge in [-0.15, -0.1) is 0 Å². The number of hydrogen-bond acceptors (Lipinski definition) is 3. The van der Waals surface area contributed by atoms with Crippen molar-refractivity contribution in [3.8, 4) is 0 Å². The molecule has 9 heavy (non-hydrogen) atoms. The molecular formula is C6H15NO2. The van der Waals surface area contributed by atoms with Crippen LogP contribution in [0.25, 0.3) is 0 Å². The Balaban J connectivity index is 3.18. The molecule has 3 nitrogen and oxygen atoms in total. The van der Waals surface area contributed by atoms with Gasteiger partial charge in [-0.25, -0.2) is 0 Å². The van der Waals surface area contributed by atoms with E-state index in [1.54, 1.807) is 14.2 Å². The second-order valence-corrected chi connectivity index (χ2v) is 1.74. The van der Waals surface area contributed by atoms with E-state index in [-0.39, 0.29) is 6.23 Å². The predicted octanol–water partition coefficient (Wildman–Crippen LogP) is 0.215. The minimum absolute atomic E-state index is 0.0417. The third kappa shape index (κ3) is 4.39. The molecule has 1 N–H and O–H groups in total. The molecule has 0 rings (SSSR count). The van der Waals surface area contributed by atoms with Gasteiger partial charge in [-0.2, -0.15) is 0 Å². The molecule has 3 heteroatoms. The highest BCUT2D eigenvalue weighted by atomic mass is 16.5. The van der Waals surface area contributed by atoms with Crippen LogP contribution in [-0.2, 0) is 9.47 Å². The van der Waals surface area contributed by atoms with Crippen molar-refractivity contribution in [2.75, 3.05) is 27.4 Å². The van der Waals surface area contributed by atoms with Crippen LogP contribution in [0.5, 0.6) is 0 Å². The van der Waals surface area contributed by atoms with E-state index in [4.69, 9.17) is 9.47 Å². The van der Waals surface area contributed by atoms with Crippen LogP contribution in [-0.4, -0.2) is 33.6 Å². The molecule has 0 bridgehead atoms.